The summed E-state index contributed by atoms with van der Waals surface area (Å²) in [6.45, 7) is 4.17. The van der Waals surface area contributed by atoms with Crippen molar-refractivity contribution in [2.24, 2.45) is 5.41 Å². The molecule has 2 aliphatic heterocycles. The summed E-state index contributed by atoms with van der Waals surface area (Å²) in [6.07, 6.45) is 2.25. The molecule has 1 spiro atoms. The Morgan fingerprint density at radius 2 is 2.04 bits per heavy atom. The number of sulfonamides is 1. The maximum absolute atomic E-state index is 13.1. The van der Waals surface area contributed by atoms with Gasteiger partial charge in [-0.1, -0.05) is 13.0 Å². The van der Waals surface area contributed by atoms with E-state index < -0.39 is 15.4 Å². The summed E-state index contributed by atoms with van der Waals surface area (Å²) in [4.78, 5) is 14.8. The molecule has 2 aliphatic rings. The third kappa shape index (κ3) is 2.56. The Kier molecular flexibility index (Phi) is 4.04. The molecule has 2 aromatic rings. The lowest BCUT2D eigenvalue weighted by Gasteiger charge is -2.23. The Morgan fingerprint density at radius 3 is 2.84 bits per heavy atom. The van der Waals surface area contributed by atoms with Crippen molar-refractivity contribution in [3.8, 4) is 0 Å². The summed E-state index contributed by atoms with van der Waals surface area (Å²) in [5.41, 5.74) is 0.459. The number of rotatable bonds is 4. The van der Waals surface area contributed by atoms with Gasteiger partial charge in [-0.05, 0) is 31.4 Å². The average Bonchev–Trinajstić information content (AvgIpc) is 3.31. The first-order valence-corrected chi connectivity index (χ1v) is 10.7. The first-order chi connectivity index (χ1) is 12.0. The number of carbonyl (C=O) groups excluding carboxylic acids is 1. The number of likely N-dealkylation sites (tertiary alicyclic amines) is 1. The lowest BCUT2D eigenvalue weighted by molar-refractivity contribution is -0.135. The Morgan fingerprint density at radius 1 is 1.24 bits per heavy atom. The minimum Gasteiger partial charge on any atom is -0.342 e. The Hall–Kier alpha value is -1.58. The molecule has 25 heavy (non-hydrogen) atoms. The predicted molar refractivity (Wildman–Crippen MR) is 94.7 cm³/mol. The number of aromatic nitrogens is 2. The minimum atomic E-state index is -3.69. The highest BCUT2D eigenvalue weighted by Gasteiger charge is 2.52. The van der Waals surface area contributed by atoms with Gasteiger partial charge in [-0.15, -0.1) is 0 Å². The lowest BCUT2D eigenvalue weighted by Crippen LogP contribution is -2.38. The van der Waals surface area contributed by atoms with Crippen LogP contribution in [0.5, 0.6) is 0 Å². The van der Waals surface area contributed by atoms with E-state index in [1.54, 1.807) is 18.2 Å². The fourth-order valence-corrected chi connectivity index (χ4v) is 6.20. The molecule has 2 fully saturated rings. The average molecular weight is 380 g/mol. The van der Waals surface area contributed by atoms with E-state index in [1.807, 2.05) is 11.8 Å². The summed E-state index contributed by atoms with van der Waals surface area (Å²) in [5, 5.41) is 0. The van der Waals surface area contributed by atoms with Crippen molar-refractivity contribution in [2.75, 3.05) is 26.2 Å². The molecule has 0 radical (unpaired) electrons. The first-order valence-electron chi connectivity index (χ1n) is 8.49. The summed E-state index contributed by atoms with van der Waals surface area (Å²) < 4.78 is 36.0. The van der Waals surface area contributed by atoms with Crippen molar-refractivity contribution in [3.05, 3.63) is 18.2 Å². The molecule has 0 saturated carbocycles. The van der Waals surface area contributed by atoms with Crippen molar-refractivity contribution in [1.29, 1.82) is 0 Å². The molecule has 0 N–H and O–H groups in total. The largest absolute Gasteiger partial charge is 0.342 e. The van der Waals surface area contributed by atoms with Crippen LogP contribution < -0.4 is 0 Å². The molecule has 2 saturated heterocycles. The van der Waals surface area contributed by atoms with Crippen LogP contribution in [0.1, 0.15) is 26.2 Å². The minimum absolute atomic E-state index is 0.112. The predicted octanol–water partition coefficient (Wildman–Crippen LogP) is 1.71. The molecular formula is C16H20N4O3S2. The van der Waals surface area contributed by atoms with Crippen LogP contribution in [0.15, 0.2) is 23.1 Å². The number of nitrogens with zero attached hydrogens (tertiary/aromatic N) is 4. The number of benzene rings is 1. The summed E-state index contributed by atoms with van der Waals surface area (Å²) in [6, 6.07) is 5.02. The van der Waals surface area contributed by atoms with Crippen LogP contribution in [0.25, 0.3) is 11.0 Å². The molecule has 1 aromatic heterocycles. The Balaban J connectivity index is 1.63. The van der Waals surface area contributed by atoms with Crippen molar-refractivity contribution >= 4 is 38.7 Å². The van der Waals surface area contributed by atoms with E-state index in [0.717, 1.165) is 37.7 Å². The van der Waals surface area contributed by atoms with Crippen LogP contribution in [0, 0.1) is 5.41 Å². The number of amides is 1. The van der Waals surface area contributed by atoms with Gasteiger partial charge in [0, 0.05) is 26.2 Å². The van der Waals surface area contributed by atoms with Gasteiger partial charge in [0.15, 0.2) is 0 Å². The monoisotopic (exact) mass is 380 g/mol. The van der Waals surface area contributed by atoms with E-state index in [4.69, 9.17) is 0 Å². The summed E-state index contributed by atoms with van der Waals surface area (Å²) in [5.74, 6) is 0.112. The molecule has 0 bridgehead atoms. The van der Waals surface area contributed by atoms with Gasteiger partial charge in [-0.25, -0.2) is 8.42 Å². The van der Waals surface area contributed by atoms with E-state index >= 15 is 0 Å². The molecule has 134 valence electrons. The quantitative estimate of drug-likeness (QED) is 0.806. The zero-order chi connectivity index (χ0) is 17.7. The standard InChI is InChI=1S/C16H20N4O3S2/c1-2-8-19-9-6-16(15(19)21)7-10-20(11-16)25(22,23)13-5-3-4-12-14(13)18-24-17-12/h3-5H,2,6-11H2,1H3. The van der Waals surface area contributed by atoms with E-state index in [1.165, 1.54) is 4.31 Å². The van der Waals surface area contributed by atoms with Gasteiger partial charge >= 0.3 is 0 Å². The molecular weight excluding hydrogens is 360 g/mol. The highest BCUT2D eigenvalue weighted by atomic mass is 32.2. The normalized spacial score (nSPS) is 24.8. The molecule has 1 unspecified atom stereocenters. The van der Waals surface area contributed by atoms with Gasteiger partial charge in [0.05, 0.1) is 17.1 Å². The van der Waals surface area contributed by atoms with Crippen LogP contribution in [0.4, 0.5) is 0 Å². The van der Waals surface area contributed by atoms with Crippen LogP contribution in [-0.4, -0.2) is 58.5 Å². The molecule has 1 aromatic carbocycles. The molecule has 0 aliphatic carbocycles. The van der Waals surface area contributed by atoms with E-state index in [9.17, 15) is 13.2 Å². The maximum Gasteiger partial charge on any atom is 0.245 e. The zero-order valence-corrected chi connectivity index (χ0v) is 15.6. The SMILES string of the molecule is CCCN1CCC2(CCN(S(=O)(=O)c3cccc4nsnc34)C2)C1=O. The van der Waals surface area contributed by atoms with Gasteiger partial charge in [0.25, 0.3) is 0 Å². The van der Waals surface area contributed by atoms with E-state index in [2.05, 4.69) is 8.75 Å². The zero-order valence-electron chi connectivity index (χ0n) is 14.0. The third-order valence-corrected chi connectivity index (χ3v) is 7.70. The van der Waals surface area contributed by atoms with Crippen molar-refractivity contribution in [1.82, 2.24) is 18.0 Å². The smallest absolute Gasteiger partial charge is 0.245 e. The highest BCUT2D eigenvalue weighted by molar-refractivity contribution is 7.89. The van der Waals surface area contributed by atoms with Crippen molar-refractivity contribution in [2.45, 2.75) is 31.1 Å². The van der Waals surface area contributed by atoms with Crippen molar-refractivity contribution < 1.29 is 13.2 Å². The number of hydrogen-bond acceptors (Lipinski definition) is 6. The summed E-state index contributed by atoms with van der Waals surface area (Å²) in [7, 11) is -3.69. The van der Waals surface area contributed by atoms with E-state index in [-0.39, 0.29) is 17.3 Å². The number of fused-ring (bicyclic) bond motifs is 1. The Bertz CT molecular complexity index is 926. The Labute approximate surface area is 151 Å². The third-order valence-electron chi connectivity index (χ3n) is 5.28. The van der Waals surface area contributed by atoms with Gasteiger partial charge < -0.3 is 4.90 Å². The molecule has 7 nitrogen and oxygen atoms in total. The van der Waals surface area contributed by atoms with Gasteiger partial charge in [0.2, 0.25) is 15.9 Å². The second-order valence-corrected chi connectivity index (χ2v) is 9.23. The topological polar surface area (TPSA) is 83.5 Å². The van der Waals surface area contributed by atoms with Gasteiger partial charge in [-0.2, -0.15) is 13.1 Å². The van der Waals surface area contributed by atoms with E-state index in [0.29, 0.717) is 24.0 Å². The van der Waals surface area contributed by atoms with Crippen LogP contribution in [-0.2, 0) is 14.8 Å². The first kappa shape index (κ1) is 16.9. The molecule has 4 rings (SSSR count). The van der Waals surface area contributed by atoms with Crippen LogP contribution in [0.3, 0.4) is 0 Å². The molecule has 1 atom stereocenters. The van der Waals surface area contributed by atoms with Gasteiger partial charge in [-0.3, -0.25) is 4.79 Å². The molecule has 9 heteroatoms. The fourth-order valence-electron chi connectivity index (χ4n) is 3.92. The lowest BCUT2D eigenvalue weighted by atomic mass is 9.86. The van der Waals surface area contributed by atoms with Crippen LogP contribution in [0.2, 0.25) is 0 Å². The second-order valence-electron chi connectivity index (χ2n) is 6.80. The van der Waals surface area contributed by atoms with Crippen molar-refractivity contribution in [3.63, 3.8) is 0 Å². The fraction of sp³-hybridized carbons (Fsp3) is 0.562. The number of carbonyl (C=O) groups is 1. The highest BCUT2D eigenvalue weighted by Crippen LogP contribution is 2.42. The maximum atomic E-state index is 13.1. The second kappa shape index (κ2) is 6.00. The molecule has 3 heterocycles. The van der Waals surface area contributed by atoms with Crippen LogP contribution >= 0.6 is 11.7 Å². The molecule has 1 amide bonds. The summed E-state index contributed by atoms with van der Waals surface area (Å²) >= 11 is 1.01. The number of hydrogen-bond donors (Lipinski definition) is 0. The van der Waals surface area contributed by atoms with Gasteiger partial charge in [0.1, 0.15) is 15.9 Å².